The summed E-state index contributed by atoms with van der Waals surface area (Å²) in [6.07, 6.45) is 2.29. The van der Waals surface area contributed by atoms with Crippen molar-refractivity contribution in [1.82, 2.24) is 5.32 Å². The lowest BCUT2D eigenvalue weighted by Crippen LogP contribution is -2.54. The molecule has 0 bridgehead atoms. The minimum atomic E-state index is -0.796. The Morgan fingerprint density at radius 3 is 2.34 bits per heavy atom. The van der Waals surface area contributed by atoms with Crippen molar-refractivity contribution in [3.8, 4) is 5.75 Å². The Balaban J connectivity index is 1.56. The third-order valence-electron chi connectivity index (χ3n) is 6.30. The molecule has 6 nitrogen and oxygen atoms in total. The zero-order valence-corrected chi connectivity index (χ0v) is 21.8. The van der Waals surface area contributed by atoms with Crippen molar-refractivity contribution in [3.05, 3.63) is 111 Å². The standard InChI is InChI=1S/C30H22Cl2N2O4/c1-2-18-7-11-21(12-8-18)34-29(36)24(28(35)33-30(34)37)16-23-22-6-4-3-5-20(22)10-14-27(23)38-17-19-9-13-25(31)26(32)15-19/h3-16H,2,17H2,1H3,(H,33,35,37)/b24-16+. The van der Waals surface area contributed by atoms with Gasteiger partial charge in [-0.3, -0.25) is 14.9 Å². The fourth-order valence-corrected chi connectivity index (χ4v) is 4.58. The van der Waals surface area contributed by atoms with Gasteiger partial charge in [-0.05, 0) is 64.7 Å². The lowest BCUT2D eigenvalue weighted by molar-refractivity contribution is -0.122. The molecule has 0 saturated carbocycles. The molecule has 0 radical (unpaired) electrons. The van der Waals surface area contributed by atoms with E-state index in [1.54, 1.807) is 36.4 Å². The van der Waals surface area contributed by atoms with E-state index in [-0.39, 0.29) is 12.2 Å². The summed E-state index contributed by atoms with van der Waals surface area (Å²) in [4.78, 5) is 40.0. The number of fused-ring (bicyclic) bond motifs is 1. The topological polar surface area (TPSA) is 75.7 Å². The monoisotopic (exact) mass is 544 g/mol. The van der Waals surface area contributed by atoms with Gasteiger partial charge in [0.1, 0.15) is 17.9 Å². The van der Waals surface area contributed by atoms with Gasteiger partial charge in [0.15, 0.2) is 0 Å². The van der Waals surface area contributed by atoms with Gasteiger partial charge in [0.25, 0.3) is 11.8 Å². The summed E-state index contributed by atoms with van der Waals surface area (Å²) in [5, 5.41) is 4.82. The van der Waals surface area contributed by atoms with E-state index in [9.17, 15) is 14.4 Å². The number of imide groups is 2. The van der Waals surface area contributed by atoms with Gasteiger partial charge in [0.05, 0.1) is 15.7 Å². The molecule has 190 valence electrons. The zero-order valence-electron chi connectivity index (χ0n) is 20.3. The average molecular weight is 545 g/mol. The van der Waals surface area contributed by atoms with Gasteiger partial charge < -0.3 is 4.74 Å². The molecular weight excluding hydrogens is 523 g/mol. The number of hydrogen-bond acceptors (Lipinski definition) is 4. The average Bonchev–Trinajstić information content (AvgIpc) is 2.92. The predicted octanol–water partition coefficient (Wildman–Crippen LogP) is 6.95. The van der Waals surface area contributed by atoms with Crippen molar-refractivity contribution in [2.24, 2.45) is 0 Å². The summed E-state index contributed by atoms with van der Waals surface area (Å²) >= 11 is 12.2. The van der Waals surface area contributed by atoms with Crippen LogP contribution in [0.25, 0.3) is 16.8 Å². The molecule has 4 aromatic rings. The highest BCUT2D eigenvalue weighted by molar-refractivity contribution is 6.42. The van der Waals surface area contributed by atoms with Crippen molar-refractivity contribution < 1.29 is 19.1 Å². The maximum atomic E-state index is 13.5. The molecule has 0 unspecified atom stereocenters. The van der Waals surface area contributed by atoms with Crippen LogP contribution in [0.5, 0.6) is 5.75 Å². The molecule has 1 aliphatic rings. The largest absolute Gasteiger partial charge is 0.488 e. The van der Waals surface area contributed by atoms with Crippen LogP contribution in [0.4, 0.5) is 10.5 Å². The predicted molar refractivity (Wildman–Crippen MR) is 150 cm³/mol. The van der Waals surface area contributed by atoms with Gasteiger partial charge in [-0.15, -0.1) is 0 Å². The number of halogens is 2. The smallest absolute Gasteiger partial charge is 0.335 e. The second-order valence-corrected chi connectivity index (χ2v) is 9.53. The molecule has 1 fully saturated rings. The van der Waals surface area contributed by atoms with E-state index in [1.165, 1.54) is 6.08 Å². The van der Waals surface area contributed by atoms with Crippen LogP contribution in [0.15, 0.2) is 84.4 Å². The second kappa shape index (κ2) is 10.7. The first-order valence-electron chi connectivity index (χ1n) is 11.9. The van der Waals surface area contributed by atoms with Crippen molar-refractivity contribution in [2.75, 3.05) is 4.90 Å². The Hall–Kier alpha value is -4.13. The van der Waals surface area contributed by atoms with E-state index >= 15 is 0 Å². The van der Waals surface area contributed by atoms with Crippen LogP contribution in [0.3, 0.4) is 0 Å². The number of aryl methyl sites for hydroxylation is 1. The molecule has 5 rings (SSSR count). The number of carbonyl (C=O) groups is 3. The van der Waals surface area contributed by atoms with Crippen LogP contribution in [0, 0.1) is 0 Å². The number of hydrogen-bond donors (Lipinski definition) is 1. The molecule has 8 heteroatoms. The van der Waals surface area contributed by atoms with Gasteiger partial charge >= 0.3 is 6.03 Å². The molecule has 0 spiro atoms. The minimum absolute atomic E-state index is 0.180. The third kappa shape index (κ3) is 5.01. The first-order chi connectivity index (χ1) is 18.4. The summed E-state index contributed by atoms with van der Waals surface area (Å²) in [5.41, 5.74) is 2.59. The molecule has 0 atom stereocenters. The number of nitrogens with zero attached hydrogens (tertiary/aromatic N) is 1. The highest BCUT2D eigenvalue weighted by atomic mass is 35.5. The van der Waals surface area contributed by atoms with E-state index in [1.807, 2.05) is 49.4 Å². The normalized spacial score (nSPS) is 14.8. The zero-order chi connectivity index (χ0) is 26.8. The van der Waals surface area contributed by atoms with E-state index in [2.05, 4.69) is 5.32 Å². The van der Waals surface area contributed by atoms with Crippen molar-refractivity contribution >= 4 is 63.6 Å². The number of nitrogens with one attached hydrogen (secondary N) is 1. The first-order valence-corrected chi connectivity index (χ1v) is 12.7. The van der Waals surface area contributed by atoms with Gasteiger partial charge in [-0.25, -0.2) is 9.69 Å². The van der Waals surface area contributed by atoms with E-state index in [0.717, 1.165) is 33.2 Å². The maximum Gasteiger partial charge on any atom is 0.335 e. The van der Waals surface area contributed by atoms with Crippen LogP contribution in [0.2, 0.25) is 10.0 Å². The molecule has 1 heterocycles. The first kappa shape index (κ1) is 25.5. The SMILES string of the molecule is CCc1ccc(N2C(=O)NC(=O)/C(=C\c3c(OCc4ccc(Cl)c(Cl)c4)ccc4ccccc34)C2=O)cc1. The fourth-order valence-electron chi connectivity index (χ4n) is 4.26. The lowest BCUT2D eigenvalue weighted by atomic mass is 9.99. The number of benzene rings is 4. The molecule has 4 aromatic carbocycles. The third-order valence-corrected chi connectivity index (χ3v) is 7.04. The quantitative estimate of drug-likeness (QED) is 0.210. The summed E-state index contributed by atoms with van der Waals surface area (Å²) < 4.78 is 6.13. The lowest BCUT2D eigenvalue weighted by Gasteiger charge is -2.26. The van der Waals surface area contributed by atoms with Crippen molar-refractivity contribution in [3.63, 3.8) is 0 Å². The molecule has 1 aliphatic heterocycles. The Kier molecular flexibility index (Phi) is 7.18. The Morgan fingerprint density at radius 1 is 0.868 bits per heavy atom. The number of ether oxygens (including phenoxy) is 1. The van der Waals surface area contributed by atoms with Gasteiger partial charge in [-0.2, -0.15) is 0 Å². The summed E-state index contributed by atoms with van der Waals surface area (Å²) in [6.45, 7) is 2.19. The summed E-state index contributed by atoms with van der Waals surface area (Å²) in [6, 6.07) is 22.7. The van der Waals surface area contributed by atoms with Crippen molar-refractivity contribution in [1.29, 1.82) is 0 Å². The number of amides is 4. The molecule has 0 aromatic heterocycles. The number of anilines is 1. The summed E-state index contributed by atoms with van der Waals surface area (Å²) in [7, 11) is 0. The molecule has 0 aliphatic carbocycles. The fraction of sp³-hybridized carbons (Fsp3) is 0.100. The van der Waals surface area contributed by atoms with Gasteiger partial charge in [-0.1, -0.05) is 78.7 Å². The second-order valence-electron chi connectivity index (χ2n) is 8.71. The minimum Gasteiger partial charge on any atom is -0.488 e. The van der Waals surface area contributed by atoms with Crippen LogP contribution in [-0.4, -0.2) is 17.8 Å². The number of rotatable bonds is 6. The highest BCUT2D eigenvalue weighted by Gasteiger charge is 2.37. The van der Waals surface area contributed by atoms with Gasteiger partial charge in [0, 0.05) is 5.56 Å². The van der Waals surface area contributed by atoms with Crippen LogP contribution >= 0.6 is 23.2 Å². The van der Waals surface area contributed by atoms with Crippen LogP contribution in [0.1, 0.15) is 23.6 Å². The van der Waals surface area contributed by atoms with Gasteiger partial charge in [0.2, 0.25) is 0 Å². The molecule has 1 N–H and O–H groups in total. The molecular formula is C30H22Cl2N2O4. The maximum absolute atomic E-state index is 13.5. The van der Waals surface area contributed by atoms with Crippen molar-refractivity contribution in [2.45, 2.75) is 20.0 Å². The Morgan fingerprint density at radius 2 is 1.61 bits per heavy atom. The summed E-state index contributed by atoms with van der Waals surface area (Å²) in [5.74, 6) is -1.03. The number of barbiturate groups is 1. The number of carbonyl (C=O) groups excluding carboxylic acids is 3. The highest BCUT2D eigenvalue weighted by Crippen LogP contribution is 2.33. The van der Waals surface area contributed by atoms with E-state index in [4.69, 9.17) is 27.9 Å². The van der Waals surface area contributed by atoms with E-state index in [0.29, 0.717) is 27.0 Å². The Bertz CT molecular complexity index is 1610. The number of urea groups is 1. The van der Waals surface area contributed by atoms with Crippen LogP contribution in [-0.2, 0) is 22.6 Å². The van der Waals surface area contributed by atoms with Crippen LogP contribution < -0.4 is 15.0 Å². The molecule has 4 amide bonds. The van der Waals surface area contributed by atoms with E-state index < -0.39 is 17.8 Å². The molecule has 38 heavy (non-hydrogen) atoms. The molecule has 1 saturated heterocycles. The Labute approximate surface area is 229 Å².